The van der Waals surface area contributed by atoms with Crippen molar-refractivity contribution >= 4 is 22.1 Å². The molecule has 0 spiro atoms. The van der Waals surface area contributed by atoms with Crippen molar-refractivity contribution in [2.75, 3.05) is 5.32 Å². The van der Waals surface area contributed by atoms with Gasteiger partial charge in [0.1, 0.15) is 0 Å². The zero-order chi connectivity index (χ0) is 20.2. The van der Waals surface area contributed by atoms with Crippen LogP contribution in [0.1, 0.15) is 34.2 Å². The molecule has 0 aromatic heterocycles. The van der Waals surface area contributed by atoms with Gasteiger partial charge in [-0.05, 0) is 51.4 Å². The Balaban J connectivity index is 1.57. The molecule has 0 saturated carbocycles. The Kier molecular flexibility index (Phi) is 3.69. The van der Waals surface area contributed by atoms with Gasteiger partial charge in [-0.2, -0.15) is 0 Å². The van der Waals surface area contributed by atoms with E-state index in [4.69, 9.17) is 0 Å². The van der Waals surface area contributed by atoms with Crippen molar-refractivity contribution in [3.8, 4) is 0 Å². The summed E-state index contributed by atoms with van der Waals surface area (Å²) in [7, 11) is 0. The summed E-state index contributed by atoms with van der Waals surface area (Å²) in [5.74, 6) is 0.462. The molecule has 0 unspecified atom stereocenters. The number of nitro groups is 1. The number of fused-ring (bicyclic) bond motifs is 6. The monoisotopic (exact) mass is 392 g/mol. The van der Waals surface area contributed by atoms with Gasteiger partial charge in [-0.15, -0.1) is 0 Å². The minimum absolute atomic E-state index is 0.141. The van der Waals surface area contributed by atoms with Gasteiger partial charge < -0.3 is 5.32 Å². The Bertz CT molecular complexity index is 1310. The van der Waals surface area contributed by atoms with E-state index in [0.717, 1.165) is 17.7 Å². The molecule has 0 bridgehead atoms. The van der Waals surface area contributed by atoms with Crippen molar-refractivity contribution in [2.45, 2.75) is 18.4 Å². The first kappa shape index (κ1) is 17.2. The van der Waals surface area contributed by atoms with E-state index >= 15 is 0 Å². The van der Waals surface area contributed by atoms with Crippen LogP contribution in [0.3, 0.4) is 0 Å². The number of nitrogens with zero attached hydrogens (tertiary/aromatic N) is 1. The van der Waals surface area contributed by atoms with Crippen molar-refractivity contribution in [1.29, 1.82) is 0 Å². The minimum atomic E-state index is -0.299. The maximum absolute atomic E-state index is 11.4. The second-order valence-electron chi connectivity index (χ2n) is 8.26. The van der Waals surface area contributed by atoms with Crippen LogP contribution in [0.4, 0.5) is 11.4 Å². The lowest BCUT2D eigenvalue weighted by Gasteiger charge is -2.38. The van der Waals surface area contributed by atoms with Crippen LogP contribution >= 0.6 is 0 Å². The standard InChI is InChI=1S/C26H20N2O2/c29-28(30)18-12-13-24-22(15-18)25-20-10-4-2-7-17(20)14-23(25)26(27-24)21-11-5-8-16-6-1-3-9-19(16)21/h1-13,15,23,25-27H,14H2/t23-,25+,26+/m1/s1. The van der Waals surface area contributed by atoms with Crippen LogP contribution in [0, 0.1) is 16.0 Å². The molecule has 4 nitrogen and oxygen atoms in total. The number of benzene rings is 4. The van der Waals surface area contributed by atoms with Crippen molar-refractivity contribution in [3.05, 3.63) is 117 Å². The SMILES string of the molecule is O=[N+]([O-])c1ccc2c(c1)[C@@H]1c3ccccc3C[C@H]1[C@H](c1cccc3ccccc13)N2. The van der Waals surface area contributed by atoms with Gasteiger partial charge >= 0.3 is 0 Å². The van der Waals surface area contributed by atoms with E-state index in [1.165, 1.54) is 27.5 Å². The van der Waals surface area contributed by atoms with E-state index in [1.54, 1.807) is 12.1 Å². The largest absolute Gasteiger partial charge is 0.378 e. The highest BCUT2D eigenvalue weighted by Crippen LogP contribution is 2.54. The number of hydrogen-bond acceptors (Lipinski definition) is 3. The van der Waals surface area contributed by atoms with Crippen LogP contribution < -0.4 is 5.32 Å². The Morgan fingerprint density at radius 2 is 1.60 bits per heavy atom. The molecule has 6 rings (SSSR count). The van der Waals surface area contributed by atoms with Crippen molar-refractivity contribution < 1.29 is 4.92 Å². The predicted molar refractivity (Wildman–Crippen MR) is 119 cm³/mol. The summed E-state index contributed by atoms with van der Waals surface area (Å²) in [5, 5.41) is 17.7. The van der Waals surface area contributed by atoms with Gasteiger partial charge in [0, 0.05) is 23.7 Å². The number of rotatable bonds is 2. The molecule has 4 aromatic carbocycles. The molecule has 1 aliphatic carbocycles. The molecule has 146 valence electrons. The molecule has 3 atom stereocenters. The molecular formula is C26H20N2O2. The highest BCUT2D eigenvalue weighted by Gasteiger charge is 2.44. The molecule has 1 aliphatic heterocycles. The van der Waals surface area contributed by atoms with Crippen LogP contribution in [0.25, 0.3) is 10.8 Å². The quantitative estimate of drug-likeness (QED) is 0.325. The third-order valence-electron chi connectivity index (χ3n) is 6.75. The molecule has 2 aliphatic rings. The first-order chi connectivity index (χ1) is 14.7. The predicted octanol–water partition coefficient (Wildman–Crippen LogP) is 6.22. The highest BCUT2D eigenvalue weighted by atomic mass is 16.6. The van der Waals surface area contributed by atoms with E-state index in [0.29, 0.717) is 5.92 Å². The molecular weight excluding hydrogens is 372 g/mol. The van der Waals surface area contributed by atoms with Crippen LogP contribution in [0.2, 0.25) is 0 Å². The van der Waals surface area contributed by atoms with Crippen LogP contribution in [-0.4, -0.2) is 4.92 Å². The Morgan fingerprint density at radius 1 is 0.833 bits per heavy atom. The van der Waals surface area contributed by atoms with Gasteiger partial charge in [0.05, 0.1) is 11.0 Å². The normalized spacial score (nSPS) is 21.4. The molecule has 0 amide bonds. The fourth-order valence-electron chi connectivity index (χ4n) is 5.49. The Labute approximate surface area is 174 Å². The fraction of sp³-hybridized carbons (Fsp3) is 0.154. The minimum Gasteiger partial charge on any atom is -0.378 e. The molecule has 0 radical (unpaired) electrons. The summed E-state index contributed by atoms with van der Waals surface area (Å²) >= 11 is 0. The van der Waals surface area contributed by atoms with Gasteiger partial charge in [-0.1, -0.05) is 66.7 Å². The summed E-state index contributed by atoms with van der Waals surface area (Å²) < 4.78 is 0. The first-order valence-electron chi connectivity index (χ1n) is 10.3. The van der Waals surface area contributed by atoms with Crippen LogP contribution in [0.5, 0.6) is 0 Å². The second kappa shape index (κ2) is 6.42. The average Bonchev–Trinajstić information content (AvgIpc) is 3.18. The topological polar surface area (TPSA) is 55.2 Å². The van der Waals surface area contributed by atoms with Gasteiger partial charge in [0.2, 0.25) is 0 Å². The zero-order valence-corrected chi connectivity index (χ0v) is 16.3. The average molecular weight is 392 g/mol. The van der Waals surface area contributed by atoms with E-state index < -0.39 is 0 Å². The van der Waals surface area contributed by atoms with Gasteiger partial charge in [-0.25, -0.2) is 0 Å². The zero-order valence-electron chi connectivity index (χ0n) is 16.3. The van der Waals surface area contributed by atoms with Crippen molar-refractivity contribution in [2.24, 2.45) is 5.92 Å². The number of nitrogens with one attached hydrogen (secondary N) is 1. The third-order valence-corrected chi connectivity index (χ3v) is 6.75. The number of hydrogen-bond donors (Lipinski definition) is 1. The number of non-ortho nitro benzene ring substituents is 1. The maximum Gasteiger partial charge on any atom is 0.269 e. The molecule has 0 fully saturated rings. The van der Waals surface area contributed by atoms with Crippen molar-refractivity contribution in [1.82, 2.24) is 0 Å². The van der Waals surface area contributed by atoms with Crippen LogP contribution in [-0.2, 0) is 6.42 Å². The lowest BCUT2D eigenvalue weighted by Crippen LogP contribution is -2.30. The van der Waals surface area contributed by atoms with E-state index in [-0.39, 0.29) is 22.6 Å². The Morgan fingerprint density at radius 3 is 2.50 bits per heavy atom. The molecule has 1 N–H and O–H groups in total. The van der Waals surface area contributed by atoms with Crippen molar-refractivity contribution in [3.63, 3.8) is 0 Å². The number of nitro benzene ring substituents is 1. The van der Waals surface area contributed by atoms with E-state index in [9.17, 15) is 10.1 Å². The summed E-state index contributed by atoms with van der Waals surface area (Å²) in [6, 6.07) is 28.9. The Hall–Kier alpha value is -3.66. The molecule has 4 aromatic rings. The summed E-state index contributed by atoms with van der Waals surface area (Å²) in [4.78, 5) is 11.1. The summed E-state index contributed by atoms with van der Waals surface area (Å²) in [5.41, 5.74) is 6.13. The number of anilines is 1. The maximum atomic E-state index is 11.4. The van der Waals surface area contributed by atoms with Gasteiger partial charge in [0.25, 0.3) is 5.69 Å². The lowest BCUT2D eigenvalue weighted by molar-refractivity contribution is -0.384. The van der Waals surface area contributed by atoms with Gasteiger partial charge in [0.15, 0.2) is 0 Å². The second-order valence-corrected chi connectivity index (χ2v) is 8.26. The smallest absolute Gasteiger partial charge is 0.269 e. The summed E-state index contributed by atoms with van der Waals surface area (Å²) in [6.07, 6.45) is 0.962. The fourth-order valence-corrected chi connectivity index (χ4v) is 5.49. The lowest BCUT2D eigenvalue weighted by atomic mass is 9.75. The molecule has 0 saturated heterocycles. The third kappa shape index (κ3) is 2.47. The summed E-state index contributed by atoms with van der Waals surface area (Å²) in [6.45, 7) is 0. The van der Waals surface area contributed by atoms with Gasteiger partial charge in [-0.3, -0.25) is 10.1 Å². The molecule has 4 heteroatoms. The van der Waals surface area contributed by atoms with E-state index in [2.05, 4.69) is 72.0 Å². The highest BCUT2D eigenvalue weighted by molar-refractivity contribution is 5.87. The van der Waals surface area contributed by atoms with Crippen LogP contribution in [0.15, 0.2) is 84.9 Å². The molecule has 1 heterocycles. The van der Waals surface area contributed by atoms with E-state index in [1.807, 2.05) is 6.07 Å². The first-order valence-corrected chi connectivity index (χ1v) is 10.3. The molecule has 30 heavy (non-hydrogen) atoms.